The van der Waals surface area contributed by atoms with Gasteiger partial charge in [-0.05, 0) is 25.7 Å². The standard InChI is InChI=1S/C11H24O3.6CH4/c1-3-7-13-10-6-11-14-9-5-4-8-12-2;;;;;;/h3-11H2,1-2H3;6*1H4. The van der Waals surface area contributed by atoms with Crippen LogP contribution < -0.4 is 0 Å². The highest BCUT2D eigenvalue weighted by molar-refractivity contribution is 4.39. The Morgan fingerprint density at radius 3 is 1.40 bits per heavy atom. The lowest BCUT2D eigenvalue weighted by Gasteiger charge is -2.04. The van der Waals surface area contributed by atoms with Crippen molar-refractivity contribution in [2.45, 2.75) is 77.2 Å². The zero-order valence-corrected chi connectivity index (χ0v) is 9.59. The fraction of sp³-hybridized carbons (Fsp3) is 1.00. The molecule has 0 saturated heterocycles. The molecule has 134 valence electrons. The van der Waals surface area contributed by atoms with Crippen molar-refractivity contribution in [3.63, 3.8) is 0 Å². The third kappa shape index (κ3) is 43.0. The molecule has 0 atom stereocenters. The van der Waals surface area contributed by atoms with Gasteiger partial charge in [0.05, 0.1) is 0 Å². The molecule has 0 aliphatic rings. The molecule has 0 rings (SSSR count). The van der Waals surface area contributed by atoms with Crippen LogP contribution in [0, 0.1) is 0 Å². The van der Waals surface area contributed by atoms with Gasteiger partial charge in [0, 0.05) is 40.1 Å². The normalized spacial score (nSPS) is 7.50. The number of unbranched alkanes of at least 4 members (excludes halogenated alkanes) is 1. The van der Waals surface area contributed by atoms with Gasteiger partial charge in [-0.15, -0.1) is 0 Å². The molecule has 0 aromatic heterocycles. The molecule has 3 heteroatoms. The summed E-state index contributed by atoms with van der Waals surface area (Å²) in [4.78, 5) is 0. The van der Waals surface area contributed by atoms with E-state index in [0.29, 0.717) is 0 Å². The third-order valence-corrected chi connectivity index (χ3v) is 1.81. The van der Waals surface area contributed by atoms with E-state index in [1.54, 1.807) is 7.11 Å². The van der Waals surface area contributed by atoms with Crippen LogP contribution in [0.5, 0.6) is 0 Å². The van der Waals surface area contributed by atoms with Gasteiger partial charge in [-0.25, -0.2) is 0 Å². The van der Waals surface area contributed by atoms with Gasteiger partial charge in [-0.3, -0.25) is 0 Å². The average Bonchev–Trinajstić information content (AvgIpc) is 2.21. The largest absolute Gasteiger partial charge is 0.385 e. The minimum atomic E-state index is 0. The molecule has 0 aliphatic heterocycles. The van der Waals surface area contributed by atoms with Crippen LogP contribution in [0.2, 0.25) is 0 Å². The van der Waals surface area contributed by atoms with Crippen molar-refractivity contribution < 1.29 is 14.2 Å². The summed E-state index contributed by atoms with van der Waals surface area (Å²) in [5.41, 5.74) is 0. The van der Waals surface area contributed by atoms with E-state index in [2.05, 4.69) is 6.92 Å². The predicted molar refractivity (Wildman–Crippen MR) is 98.0 cm³/mol. The van der Waals surface area contributed by atoms with Crippen molar-refractivity contribution in [1.29, 1.82) is 0 Å². The highest BCUT2D eigenvalue weighted by Crippen LogP contribution is 1.92. The second kappa shape index (κ2) is 42.8. The number of hydrogen-bond acceptors (Lipinski definition) is 3. The van der Waals surface area contributed by atoms with Gasteiger partial charge in [-0.2, -0.15) is 0 Å². The smallest absolute Gasteiger partial charge is 0.0487 e. The number of hydrogen-bond donors (Lipinski definition) is 0. The Kier molecular flexibility index (Phi) is 91.3. The van der Waals surface area contributed by atoms with Gasteiger partial charge >= 0.3 is 0 Å². The molecular formula is C17H48O3. The third-order valence-electron chi connectivity index (χ3n) is 1.81. The van der Waals surface area contributed by atoms with E-state index in [1.807, 2.05) is 0 Å². The molecule has 0 unspecified atom stereocenters. The van der Waals surface area contributed by atoms with Crippen LogP contribution in [0.25, 0.3) is 0 Å². The summed E-state index contributed by atoms with van der Waals surface area (Å²) in [6.45, 7) is 6.31. The highest BCUT2D eigenvalue weighted by atomic mass is 16.5. The van der Waals surface area contributed by atoms with Crippen molar-refractivity contribution in [2.75, 3.05) is 40.1 Å². The summed E-state index contributed by atoms with van der Waals surface area (Å²) >= 11 is 0. The van der Waals surface area contributed by atoms with Gasteiger partial charge < -0.3 is 14.2 Å². The first-order valence-electron chi connectivity index (χ1n) is 5.56. The van der Waals surface area contributed by atoms with E-state index in [9.17, 15) is 0 Å². The summed E-state index contributed by atoms with van der Waals surface area (Å²) < 4.78 is 15.7. The lowest BCUT2D eigenvalue weighted by Crippen LogP contribution is -2.03. The molecule has 0 bridgehead atoms. The van der Waals surface area contributed by atoms with Crippen LogP contribution in [0.3, 0.4) is 0 Å². The first kappa shape index (κ1) is 42.7. The van der Waals surface area contributed by atoms with Gasteiger partial charge in [0.1, 0.15) is 0 Å². The second-order valence-electron chi connectivity index (χ2n) is 3.28. The number of rotatable bonds is 11. The minimum Gasteiger partial charge on any atom is -0.385 e. The molecule has 20 heavy (non-hydrogen) atoms. The molecule has 0 aliphatic carbocycles. The maximum absolute atomic E-state index is 5.42. The Morgan fingerprint density at radius 1 is 0.550 bits per heavy atom. The maximum Gasteiger partial charge on any atom is 0.0487 e. The molecule has 0 amide bonds. The molecule has 0 fully saturated rings. The van der Waals surface area contributed by atoms with Crippen molar-refractivity contribution in [3.05, 3.63) is 0 Å². The van der Waals surface area contributed by atoms with Crippen LogP contribution in [-0.4, -0.2) is 40.1 Å². The fourth-order valence-electron chi connectivity index (χ4n) is 1.06. The first-order valence-corrected chi connectivity index (χ1v) is 5.56. The first-order chi connectivity index (χ1) is 6.91. The molecule has 0 aromatic rings. The van der Waals surface area contributed by atoms with Gasteiger partial charge in [0.25, 0.3) is 0 Å². The van der Waals surface area contributed by atoms with E-state index in [1.165, 1.54) is 0 Å². The predicted octanol–water partition coefficient (Wildman–Crippen LogP) is 6.06. The summed E-state index contributed by atoms with van der Waals surface area (Å²) in [6, 6.07) is 0. The van der Waals surface area contributed by atoms with Crippen molar-refractivity contribution in [2.24, 2.45) is 0 Å². The zero-order chi connectivity index (χ0) is 10.5. The Labute approximate surface area is 132 Å². The van der Waals surface area contributed by atoms with Crippen LogP contribution >= 0.6 is 0 Å². The van der Waals surface area contributed by atoms with Crippen molar-refractivity contribution >= 4 is 0 Å². The van der Waals surface area contributed by atoms with Gasteiger partial charge in [0.2, 0.25) is 0 Å². The summed E-state index contributed by atoms with van der Waals surface area (Å²) in [5.74, 6) is 0. The molecule has 0 radical (unpaired) electrons. The lowest BCUT2D eigenvalue weighted by atomic mass is 10.3. The monoisotopic (exact) mass is 300 g/mol. The second-order valence-corrected chi connectivity index (χ2v) is 3.28. The average molecular weight is 301 g/mol. The maximum atomic E-state index is 5.42. The summed E-state index contributed by atoms with van der Waals surface area (Å²) in [6.07, 6.45) is 4.27. The number of methoxy groups -OCH3 is 1. The quantitative estimate of drug-likeness (QED) is 0.434. The van der Waals surface area contributed by atoms with Crippen LogP contribution in [0.15, 0.2) is 0 Å². The Hall–Kier alpha value is -0.120. The van der Waals surface area contributed by atoms with E-state index in [4.69, 9.17) is 14.2 Å². The molecular weight excluding hydrogens is 252 g/mol. The Bertz CT molecular complexity index is 86.2. The summed E-state index contributed by atoms with van der Waals surface area (Å²) in [5, 5.41) is 0. The van der Waals surface area contributed by atoms with Crippen molar-refractivity contribution in [1.82, 2.24) is 0 Å². The van der Waals surface area contributed by atoms with E-state index >= 15 is 0 Å². The van der Waals surface area contributed by atoms with E-state index in [0.717, 1.165) is 58.7 Å². The molecule has 0 aromatic carbocycles. The van der Waals surface area contributed by atoms with E-state index in [-0.39, 0.29) is 44.6 Å². The minimum absolute atomic E-state index is 0. The molecule has 0 N–H and O–H groups in total. The van der Waals surface area contributed by atoms with E-state index < -0.39 is 0 Å². The molecule has 0 saturated carbocycles. The number of ether oxygens (including phenoxy) is 3. The van der Waals surface area contributed by atoms with Crippen LogP contribution in [-0.2, 0) is 14.2 Å². The SMILES string of the molecule is C.C.C.C.C.C.CCCOCCCOCCCCOC. The van der Waals surface area contributed by atoms with Crippen LogP contribution in [0.4, 0.5) is 0 Å². The summed E-state index contributed by atoms with van der Waals surface area (Å²) in [7, 11) is 1.73. The fourth-order valence-corrected chi connectivity index (χ4v) is 1.06. The van der Waals surface area contributed by atoms with Gasteiger partial charge in [-0.1, -0.05) is 51.5 Å². The Morgan fingerprint density at radius 2 is 0.950 bits per heavy atom. The van der Waals surface area contributed by atoms with Crippen LogP contribution in [0.1, 0.15) is 77.2 Å². The molecule has 0 spiro atoms. The molecule has 0 heterocycles. The van der Waals surface area contributed by atoms with Crippen molar-refractivity contribution in [3.8, 4) is 0 Å². The topological polar surface area (TPSA) is 27.7 Å². The van der Waals surface area contributed by atoms with Gasteiger partial charge in [0.15, 0.2) is 0 Å². The molecule has 3 nitrogen and oxygen atoms in total. The lowest BCUT2D eigenvalue weighted by molar-refractivity contribution is 0.0785. The Balaban J connectivity index is -0.0000000563. The zero-order valence-electron chi connectivity index (χ0n) is 9.59. The highest BCUT2D eigenvalue weighted by Gasteiger charge is 1.90.